The number of benzene rings is 2. The Bertz CT molecular complexity index is 1050. The Morgan fingerprint density at radius 1 is 1.18 bits per heavy atom. The van der Waals surface area contributed by atoms with Crippen LogP contribution in [0.1, 0.15) is 24.8 Å². The molecule has 2 aromatic carbocycles. The Hall–Kier alpha value is -3.19. The SMILES string of the molecule is Cn1ccc(-c2cccc(NC(=O)NCCCN3CCCC(Cc4ccc(F)cc4)C3)c2)n1. The zero-order valence-electron chi connectivity index (χ0n) is 19.1. The minimum atomic E-state index is -0.194. The monoisotopic (exact) mass is 449 g/mol. The maximum absolute atomic E-state index is 13.1. The Morgan fingerprint density at radius 2 is 2.03 bits per heavy atom. The number of amides is 2. The fourth-order valence-electron chi connectivity index (χ4n) is 4.48. The number of halogens is 1. The van der Waals surface area contributed by atoms with E-state index in [-0.39, 0.29) is 11.8 Å². The van der Waals surface area contributed by atoms with Crippen molar-refractivity contribution in [1.29, 1.82) is 0 Å². The van der Waals surface area contributed by atoms with E-state index in [0.717, 1.165) is 49.4 Å². The minimum absolute atomic E-state index is 0.179. The molecule has 33 heavy (non-hydrogen) atoms. The fraction of sp³-hybridized carbons (Fsp3) is 0.385. The molecule has 0 spiro atoms. The molecule has 174 valence electrons. The van der Waals surface area contributed by atoms with Crippen LogP contribution < -0.4 is 10.6 Å². The number of piperidine rings is 1. The highest BCUT2D eigenvalue weighted by atomic mass is 19.1. The topological polar surface area (TPSA) is 62.2 Å². The van der Waals surface area contributed by atoms with Gasteiger partial charge in [-0.05, 0) is 80.6 Å². The van der Waals surface area contributed by atoms with Crippen LogP contribution >= 0.6 is 0 Å². The van der Waals surface area contributed by atoms with Gasteiger partial charge in [-0.15, -0.1) is 0 Å². The predicted molar refractivity (Wildman–Crippen MR) is 130 cm³/mol. The average Bonchev–Trinajstić information content (AvgIpc) is 3.25. The highest BCUT2D eigenvalue weighted by Crippen LogP contribution is 2.22. The molecule has 2 amide bonds. The summed E-state index contributed by atoms with van der Waals surface area (Å²) >= 11 is 0. The maximum Gasteiger partial charge on any atom is 0.319 e. The van der Waals surface area contributed by atoms with Gasteiger partial charge in [0, 0.05) is 37.6 Å². The fourth-order valence-corrected chi connectivity index (χ4v) is 4.48. The van der Waals surface area contributed by atoms with Crippen molar-refractivity contribution >= 4 is 11.7 Å². The molecular formula is C26H32FN5O. The summed E-state index contributed by atoms with van der Waals surface area (Å²) < 4.78 is 14.9. The zero-order chi connectivity index (χ0) is 23.0. The molecule has 0 radical (unpaired) electrons. The third kappa shape index (κ3) is 6.89. The molecule has 2 N–H and O–H groups in total. The van der Waals surface area contributed by atoms with Crippen molar-refractivity contribution in [2.75, 3.05) is 31.5 Å². The molecule has 3 aromatic rings. The van der Waals surface area contributed by atoms with Gasteiger partial charge in [0.1, 0.15) is 5.82 Å². The number of hydrogen-bond acceptors (Lipinski definition) is 3. The first kappa shape index (κ1) is 23.0. The lowest BCUT2D eigenvalue weighted by atomic mass is 9.91. The predicted octanol–water partition coefficient (Wildman–Crippen LogP) is 4.69. The molecule has 1 aliphatic rings. The molecule has 0 saturated carbocycles. The van der Waals surface area contributed by atoms with Gasteiger partial charge in [-0.25, -0.2) is 9.18 Å². The molecule has 1 fully saturated rings. The molecule has 1 aliphatic heterocycles. The van der Waals surface area contributed by atoms with Gasteiger partial charge < -0.3 is 15.5 Å². The van der Waals surface area contributed by atoms with E-state index in [1.807, 2.05) is 55.7 Å². The van der Waals surface area contributed by atoms with Crippen LogP contribution in [0.3, 0.4) is 0 Å². The summed E-state index contributed by atoms with van der Waals surface area (Å²) in [7, 11) is 1.88. The highest BCUT2D eigenvalue weighted by Gasteiger charge is 2.20. The Labute approximate surface area is 194 Å². The maximum atomic E-state index is 13.1. The molecule has 1 aromatic heterocycles. The van der Waals surface area contributed by atoms with Crippen LogP contribution in [0.25, 0.3) is 11.3 Å². The van der Waals surface area contributed by atoms with E-state index >= 15 is 0 Å². The summed E-state index contributed by atoms with van der Waals surface area (Å²) in [6, 6.07) is 16.3. The zero-order valence-corrected chi connectivity index (χ0v) is 19.1. The van der Waals surface area contributed by atoms with Crippen molar-refractivity contribution in [3.63, 3.8) is 0 Å². The van der Waals surface area contributed by atoms with E-state index in [1.165, 1.54) is 18.4 Å². The van der Waals surface area contributed by atoms with Gasteiger partial charge in [-0.1, -0.05) is 24.3 Å². The Kier molecular flexibility index (Phi) is 7.73. The van der Waals surface area contributed by atoms with Crippen LogP contribution in [-0.2, 0) is 13.5 Å². The number of aromatic nitrogens is 2. The Balaban J connectivity index is 1.17. The lowest BCUT2D eigenvalue weighted by molar-refractivity contribution is 0.172. The van der Waals surface area contributed by atoms with Crippen molar-refractivity contribution in [3.8, 4) is 11.3 Å². The number of nitrogens with zero attached hydrogens (tertiary/aromatic N) is 3. The normalized spacial score (nSPS) is 16.5. The second-order valence-corrected chi connectivity index (χ2v) is 8.83. The van der Waals surface area contributed by atoms with Crippen LogP contribution in [0, 0.1) is 11.7 Å². The first-order valence-corrected chi connectivity index (χ1v) is 11.7. The second kappa shape index (κ2) is 11.1. The van der Waals surface area contributed by atoms with Crippen molar-refractivity contribution in [3.05, 3.63) is 72.2 Å². The third-order valence-corrected chi connectivity index (χ3v) is 6.11. The smallest absolute Gasteiger partial charge is 0.319 e. The summed E-state index contributed by atoms with van der Waals surface area (Å²) in [6.45, 7) is 3.76. The van der Waals surface area contributed by atoms with Gasteiger partial charge in [0.05, 0.1) is 5.69 Å². The summed E-state index contributed by atoms with van der Waals surface area (Å²) in [5.41, 5.74) is 3.79. The number of nitrogens with one attached hydrogen (secondary N) is 2. The van der Waals surface area contributed by atoms with Gasteiger partial charge in [0.25, 0.3) is 0 Å². The van der Waals surface area contributed by atoms with Gasteiger partial charge in [0.15, 0.2) is 0 Å². The van der Waals surface area contributed by atoms with Gasteiger partial charge in [-0.3, -0.25) is 4.68 Å². The molecular weight excluding hydrogens is 417 g/mol. The lowest BCUT2D eigenvalue weighted by Crippen LogP contribution is -2.38. The molecule has 1 saturated heterocycles. The molecule has 4 rings (SSSR count). The largest absolute Gasteiger partial charge is 0.338 e. The quantitative estimate of drug-likeness (QED) is 0.491. The molecule has 0 aliphatic carbocycles. The molecule has 1 atom stereocenters. The molecule has 2 heterocycles. The van der Waals surface area contributed by atoms with Crippen molar-refractivity contribution in [2.45, 2.75) is 25.7 Å². The van der Waals surface area contributed by atoms with Crippen LogP contribution in [0.15, 0.2) is 60.8 Å². The number of hydrogen-bond donors (Lipinski definition) is 2. The molecule has 7 heteroatoms. The van der Waals surface area contributed by atoms with Gasteiger partial charge in [-0.2, -0.15) is 5.10 Å². The molecule has 0 bridgehead atoms. The Morgan fingerprint density at radius 3 is 2.82 bits per heavy atom. The number of urea groups is 1. The first-order valence-electron chi connectivity index (χ1n) is 11.7. The number of likely N-dealkylation sites (tertiary alicyclic amines) is 1. The van der Waals surface area contributed by atoms with Crippen LogP contribution in [-0.4, -0.2) is 46.9 Å². The van der Waals surface area contributed by atoms with E-state index in [9.17, 15) is 9.18 Å². The number of carbonyl (C=O) groups excluding carboxylic acids is 1. The number of carbonyl (C=O) groups is 1. The van der Waals surface area contributed by atoms with Crippen molar-refractivity contribution in [2.24, 2.45) is 13.0 Å². The van der Waals surface area contributed by atoms with Crippen LogP contribution in [0.4, 0.5) is 14.9 Å². The van der Waals surface area contributed by atoms with E-state index in [0.29, 0.717) is 12.5 Å². The highest BCUT2D eigenvalue weighted by molar-refractivity contribution is 5.90. The lowest BCUT2D eigenvalue weighted by Gasteiger charge is -2.32. The minimum Gasteiger partial charge on any atom is -0.338 e. The molecule has 6 nitrogen and oxygen atoms in total. The summed E-state index contributed by atoms with van der Waals surface area (Å²) in [4.78, 5) is 14.8. The van der Waals surface area contributed by atoms with E-state index in [1.54, 1.807) is 16.8 Å². The average molecular weight is 450 g/mol. The van der Waals surface area contributed by atoms with Crippen LogP contribution in [0.5, 0.6) is 0 Å². The second-order valence-electron chi connectivity index (χ2n) is 8.83. The summed E-state index contributed by atoms with van der Waals surface area (Å²) in [6.07, 6.45) is 6.20. The van der Waals surface area contributed by atoms with Gasteiger partial charge >= 0.3 is 6.03 Å². The van der Waals surface area contributed by atoms with E-state index in [2.05, 4.69) is 20.6 Å². The third-order valence-electron chi connectivity index (χ3n) is 6.11. The summed E-state index contributed by atoms with van der Waals surface area (Å²) in [5, 5.41) is 10.3. The standard InChI is InChI=1S/C26H32FN5O/c1-31-16-12-25(30-31)22-6-2-7-24(18-22)29-26(33)28-13-4-15-32-14-3-5-21(19-32)17-20-8-10-23(27)11-9-20/h2,6-12,16,18,21H,3-5,13-15,17,19H2,1H3,(H2,28,29,33). The van der Waals surface area contributed by atoms with E-state index in [4.69, 9.17) is 0 Å². The van der Waals surface area contributed by atoms with Gasteiger partial charge in [0.2, 0.25) is 0 Å². The summed E-state index contributed by atoms with van der Waals surface area (Å²) in [5.74, 6) is 0.424. The number of rotatable bonds is 8. The molecule has 1 unspecified atom stereocenters. The van der Waals surface area contributed by atoms with Crippen molar-refractivity contribution < 1.29 is 9.18 Å². The van der Waals surface area contributed by atoms with E-state index < -0.39 is 0 Å². The number of anilines is 1. The number of aryl methyl sites for hydroxylation is 1. The first-order chi connectivity index (χ1) is 16.0. The van der Waals surface area contributed by atoms with Crippen LogP contribution in [0.2, 0.25) is 0 Å². The van der Waals surface area contributed by atoms with Crippen molar-refractivity contribution in [1.82, 2.24) is 20.0 Å².